The van der Waals surface area contributed by atoms with Crippen LogP contribution in [0.2, 0.25) is 5.02 Å². The number of thioether (sulfide) groups is 1. The molecule has 0 aliphatic carbocycles. The lowest BCUT2D eigenvalue weighted by atomic mass is 9.96. The van der Waals surface area contributed by atoms with Gasteiger partial charge in [-0.3, -0.25) is 4.90 Å². The van der Waals surface area contributed by atoms with E-state index in [2.05, 4.69) is 30.9 Å². The lowest BCUT2D eigenvalue weighted by Gasteiger charge is -2.40. The first-order valence-electron chi connectivity index (χ1n) is 6.98. The molecule has 1 fully saturated rings. The van der Waals surface area contributed by atoms with Gasteiger partial charge in [0.05, 0.1) is 0 Å². The molecular formula is C15H23ClN2S. The topological polar surface area (TPSA) is 29.3 Å². The van der Waals surface area contributed by atoms with Crippen molar-refractivity contribution in [3.05, 3.63) is 34.9 Å². The smallest absolute Gasteiger partial charge is 0.0500 e. The maximum absolute atomic E-state index is 6.38. The van der Waals surface area contributed by atoms with E-state index in [0.29, 0.717) is 5.25 Å². The van der Waals surface area contributed by atoms with Crippen LogP contribution in [0.25, 0.3) is 0 Å². The van der Waals surface area contributed by atoms with Crippen molar-refractivity contribution in [1.82, 2.24) is 4.90 Å². The highest BCUT2D eigenvalue weighted by Crippen LogP contribution is 2.31. The second kappa shape index (κ2) is 6.98. The summed E-state index contributed by atoms with van der Waals surface area (Å²) in [5, 5.41) is 1.48. The maximum Gasteiger partial charge on any atom is 0.0500 e. The SMILES string of the molecule is CCC(N)C(c1cccc(Cl)c1)N1CCSC(C)C1. The number of benzene rings is 1. The van der Waals surface area contributed by atoms with Crippen LogP contribution < -0.4 is 5.73 Å². The molecule has 2 rings (SSSR count). The van der Waals surface area contributed by atoms with Crippen molar-refractivity contribution in [2.45, 2.75) is 37.6 Å². The lowest BCUT2D eigenvalue weighted by molar-refractivity contribution is 0.177. The summed E-state index contributed by atoms with van der Waals surface area (Å²) in [5.74, 6) is 1.19. The normalized spacial score (nSPS) is 24.1. The van der Waals surface area contributed by atoms with E-state index in [1.54, 1.807) is 0 Å². The van der Waals surface area contributed by atoms with Gasteiger partial charge in [0.15, 0.2) is 0 Å². The predicted octanol–water partition coefficient (Wildman–Crippen LogP) is 3.56. The summed E-state index contributed by atoms with van der Waals surface area (Å²) in [6.07, 6.45) is 0.981. The van der Waals surface area contributed by atoms with Gasteiger partial charge in [-0.15, -0.1) is 0 Å². The van der Waals surface area contributed by atoms with E-state index in [-0.39, 0.29) is 12.1 Å². The molecule has 2 nitrogen and oxygen atoms in total. The van der Waals surface area contributed by atoms with Gasteiger partial charge >= 0.3 is 0 Å². The van der Waals surface area contributed by atoms with Gasteiger partial charge in [-0.1, -0.05) is 37.6 Å². The summed E-state index contributed by atoms with van der Waals surface area (Å²) in [5.41, 5.74) is 7.63. The van der Waals surface area contributed by atoms with Gasteiger partial charge in [-0.05, 0) is 24.1 Å². The summed E-state index contributed by atoms with van der Waals surface area (Å²) < 4.78 is 0. The monoisotopic (exact) mass is 298 g/mol. The van der Waals surface area contributed by atoms with Crippen molar-refractivity contribution in [3.63, 3.8) is 0 Å². The highest BCUT2D eigenvalue weighted by molar-refractivity contribution is 7.99. The Labute approximate surface area is 125 Å². The van der Waals surface area contributed by atoms with E-state index in [0.717, 1.165) is 24.5 Å². The summed E-state index contributed by atoms with van der Waals surface area (Å²) in [6.45, 7) is 6.67. The molecule has 106 valence electrons. The highest BCUT2D eigenvalue weighted by Gasteiger charge is 2.29. The van der Waals surface area contributed by atoms with E-state index in [1.165, 1.54) is 11.3 Å². The Hall–Kier alpha value is -0.220. The molecule has 0 bridgehead atoms. The van der Waals surface area contributed by atoms with E-state index in [4.69, 9.17) is 17.3 Å². The highest BCUT2D eigenvalue weighted by atomic mass is 35.5. The molecule has 2 N–H and O–H groups in total. The third kappa shape index (κ3) is 3.88. The van der Waals surface area contributed by atoms with Gasteiger partial charge in [0, 0.05) is 41.2 Å². The molecule has 3 atom stereocenters. The lowest BCUT2D eigenvalue weighted by Crippen LogP contribution is -2.46. The van der Waals surface area contributed by atoms with Crippen LogP contribution >= 0.6 is 23.4 Å². The van der Waals surface area contributed by atoms with Gasteiger partial charge in [0.2, 0.25) is 0 Å². The minimum atomic E-state index is 0.161. The molecule has 3 unspecified atom stereocenters. The van der Waals surface area contributed by atoms with Gasteiger partial charge in [-0.25, -0.2) is 0 Å². The maximum atomic E-state index is 6.38. The molecular weight excluding hydrogens is 276 g/mol. The molecule has 1 heterocycles. The second-order valence-electron chi connectivity index (χ2n) is 5.25. The summed E-state index contributed by atoms with van der Waals surface area (Å²) >= 11 is 8.19. The number of nitrogens with zero attached hydrogens (tertiary/aromatic N) is 1. The molecule has 1 aliphatic rings. The van der Waals surface area contributed by atoms with Crippen molar-refractivity contribution in [2.24, 2.45) is 5.73 Å². The third-order valence-electron chi connectivity index (χ3n) is 3.73. The molecule has 1 aromatic rings. The van der Waals surface area contributed by atoms with Crippen LogP contribution in [0.5, 0.6) is 0 Å². The largest absolute Gasteiger partial charge is 0.326 e. The molecule has 0 amide bonds. The minimum absolute atomic E-state index is 0.161. The van der Waals surface area contributed by atoms with Gasteiger partial charge in [-0.2, -0.15) is 11.8 Å². The first-order valence-corrected chi connectivity index (χ1v) is 8.41. The van der Waals surface area contributed by atoms with Gasteiger partial charge in [0.25, 0.3) is 0 Å². The van der Waals surface area contributed by atoms with Crippen molar-refractivity contribution in [2.75, 3.05) is 18.8 Å². The number of hydrogen-bond donors (Lipinski definition) is 1. The Morgan fingerprint density at radius 1 is 1.53 bits per heavy atom. The summed E-state index contributed by atoms with van der Waals surface area (Å²) in [6, 6.07) is 8.61. The molecule has 1 saturated heterocycles. The van der Waals surface area contributed by atoms with Crippen LogP contribution in [0.3, 0.4) is 0 Å². The predicted molar refractivity (Wildman–Crippen MR) is 86.0 cm³/mol. The molecule has 4 heteroatoms. The number of nitrogens with two attached hydrogens (primary N) is 1. The van der Waals surface area contributed by atoms with Crippen molar-refractivity contribution < 1.29 is 0 Å². The van der Waals surface area contributed by atoms with Crippen molar-refractivity contribution in [3.8, 4) is 0 Å². The van der Waals surface area contributed by atoms with E-state index in [9.17, 15) is 0 Å². The first-order chi connectivity index (χ1) is 9.11. The van der Waals surface area contributed by atoms with E-state index < -0.39 is 0 Å². The Bertz CT molecular complexity index is 413. The standard InChI is InChI=1S/C15H23ClN2S/c1-3-14(17)15(12-5-4-6-13(16)9-12)18-7-8-19-11(2)10-18/h4-6,9,11,14-15H,3,7-8,10,17H2,1-2H3. The van der Waals surface area contributed by atoms with Crippen molar-refractivity contribution in [1.29, 1.82) is 0 Å². The average molecular weight is 299 g/mol. The Morgan fingerprint density at radius 3 is 2.95 bits per heavy atom. The van der Waals surface area contributed by atoms with E-state index in [1.807, 2.05) is 23.9 Å². The molecule has 0 spiro atoms. The molecule has 1 aromatic carbocycles. The van der Waals surface area contributed by atoms with Crippen LogP contribution in [0.4, 0.5) is 0 Å². The van der Waals surface area contributed by atoms with Crippen molar-refractivity contribution >= 4 is 23.4 Å². The zero-order valence-corrected chi connectivity index (χ0v) is 13.3. The molecule has 19 heavy (non-hydrogen) atoms. The fraction of sp³-hybridized carbons (Fsp3) is 0.600. The number of halogens is 1. The third-order valence-corrected chi connectivity index (χ3v) is 5.10. The zero-order valence-electron chi connectivity index (χ0n) is 11.7. The fourth-order valence-electron chi connectivity index (χ4n) is 2.74. The molecule has 0 radical (unpaired) electrons. The summed E-state index contributed by atoms with van der Waals surface area (Å²) in [4.78, 5) is 2.53. The Balaban J connectivity index is 2.25. The first kappa shape index (κ1) is 15.2. The van der Waals surface area contributed by atoms with Crippen LogP contribution in [0.15, 0.2) is 24.3 Å². The van der Waals surface area contributed by atoms with Gasteiger partial charge < -0.3 is 5.73 Å². The Morgan fingerprint density at radius 2 is 2.32 bits per heavy atom. The van der Waals surface area contributed by atoms with Crippen LogP contribution in [-0.2, 0) is 0 Å². The number of rotatable bonds is 4. The average Bonchev–Trinajstić information content (AvgIpc) is 2.39. The zero-order chi connectivity index (χ0) is 13.8. The fourth-order valence-corrected chi connectivity index (χ4v) is 3.98. The quantitative estimate of drug-likeness (QED) is 0.921. The molecule has 0 aromatic heterocycles. The van der Waals surface area contributed by atoms with Crippen LogP contribution in [0, 0.1) is 0 Å². The summed E-state index contributed by atoms with van der Waals surface area (Å²) in [7, 11) is 0. The van der Waals surface area contributed by atoms with Crippen LogP contribution in [-0.4, -0.2) is 35.0 Å². The minimum Gasteiger partial charge on any atom is -0.326 e. The van der Waals surface area contributed by atoms with Crippen LogP contribution in [0.1, 0.15) is 31.9 Å². The molecule has 0 saturated carbocycles. The molecule has 1 aliphatic heterocycles. The van der Waals surface area contributed by atoms with Gasteiger partial charge in [0.1, 0.15) is 0 Å². The van der Waals surface area contributed by atoms with E-state index >= 15 is 0 Å². The number of hydrogen-bond acceptors (Lipinski definition) is 3. The second-order valence-corrected chi connectivity index (χ2v) is 7.23. The Kier molecular flexibility index (Phi) is 5.58.